The van der Waals surface area contributed by atoms with Crippen LogP contribution < -0.4 is 4.72 Å². The summed E-state index contributed by atoms with van der Waals surface area (Å²) in [5, 5.41) is 0. The highest BCUT2D eigenvalue weighted by atomic mass is 32.2. The Balaban J connectivity index is 2.05. The molecule has 1 atom stereocenters. The maximum atomic E-state index is 12.8. The summed E-state index contributed by atoms with van der Waals surface area (Å²) in [6, 6.07) is 3.54. The molecule has 1 aliphatic heterocycles. The molecule has 1 aliphatic rings. The van der Waals surface area contributed by atoms with E-state index in [0.717, 1.165) is 24.3 Å². The molecule has 1 aromatic carbocycles. The van der Waals surface area contributed by atoms with Crippen molar-refractivity contribution in [2.75, 3.05) is 26.3 Å². The molecule has 2 rings (SSSR count). The first-order valence-electron chi connectivity index (χ1n) is 6.54. The van der Waals surface area contributed by atoms with Crippen LogP contribution in [0, 0.1) is 5.82 Å². The van der Waals surface area contributed by atoms with Gasteiger partial charge in [0.1, 0.15) is 5.82 Å². The van der Waals surface area contributed by atoms with E-state index in [4.69, 9.17) is 4.74 Å². The summed E-state index contributed by atoms with van der Waals surface area (Å²) in [4.78, 5) is 13.6. The summed E-state index contributed by atoms with van der Waals surface area (Å²) in [6.45, 7) is 3.27. The lowest BCUT2D eigenvalue weighted by Crippen LogP contribution is -2.50. The van der Waals surface area contributed by atoms with Gasteiger partial charge in [0.25, 0.3) is 0 Å². The lowest BCUT2D eigenvalue weighted by Gasteiger charge is -2.29. The molecule has 0 saturated carbocycles. The number of sulfonamides is 1. The Morgan fingerprint density at radius 2 is 1.86 bits per heavy atom. The second-order valence-electron chi connectivity index (χ2n) is 4.73. The molecule has 1 saturated heterocycles. The number of hydrogen-bond donors (Lipinski definition) is 1. The largest absolute Gasteiger partial charge is 0.378 e. The first kappa shape index (κ1) is 15.9. The number of hydrogen-bond acceptors (Lipinski definition) is 4. The highest BCUT2D eigenvalue weighted by Gasteiger charge is 2.26. The lowest BCUT2D eigenvalue weighted by molar-refractivity contribution is -0.136. The first-order valence-corrected chi connectivity index (χ1v) is 8.03. The van der Waals surface area contributed by atoms with E-state index in [0.29, 0.717) is 26.3 Å². The second kappa shape index (κ2) is 6.50. The molecule has 0 aromatic heterocycles. The van der Waals surface area contributed by atoms with E-state index in [1.54, 1.807) is 4.90 Å². The van der Waals surface area contributed by atoms with E-state index in [2.05, 4.69) is 4.72 Å². The van der Waals surface area contributed by atoms with Crippen LogP contribution in [0.25, 0.3) is 0 Å². The van der Waals surface area contributed by atoms with Crippen LogP contribution in [0.2, 0.25) is 0 Å². The average Bonchev–Trinajstić information content (AvgIpc) is 2.47. The fourth-order valence-corrected chi connectivity index (χ4v) is 3.22. The molecule has 21 heavy (non-hydrogen) atoms. The lowest BCUT2D eigenvalue weighted by atomic mass is 10.3. The van der Waals surface area contributed by atoms with Gasteiger partial charge in [-0.05, 0) is 31.2 Å². The summed E-state index contributed by atoms with van der Waals surface area (Å²) in [7, 11) is -3.86. The van der Waals surface area contributed by atoms with Crippen LogP contribution in [0.1, 0.15) is 6.92 Å². The molecule has 8 heteroatoms. The number of benzene rings is 1. The Kier molecular flexibility index (Phi) is 4.92. The molecular formula is C13H17FN2O4S. The topological polar surface area (TPSA) is 75.7 Å². The molecule has 0 bridgehead atoms. The minimum absolute atomic E-state index is 0.0782. The van der Waals surface area contributed by atoms with Crippen LogP contribution >= 0.6 is 0 Å². The fourth-order valence-electron chi connectivity index (χ4n) is 2.02. The van der Waals surface area contributed by atoms with Gasteiger partial charge < -0.3 is 9.64 Å². The standard InChI is InChI=1S/C13H17FN2O4S/c1-10(13(17)16-6-8-20-9-7-16)15-21(18,19)12-4-2-11(14)3-5-12/h2-5,10,15H,6-9H2,1H3/t10-/m0/s1. The van der Waals surface area contributed by atoms with Gasteiger partial charge in [0.15, 0.2) is 0 Å². The van der Waals surface area contributed by atoms with Crippen molar-refractivity contribution in [2.45, 2.75) is 17.9 Å². The van der Waals surface area contributed by atoms with Gasteiger partial charge in [0.2, 0.25) is 15.9 Å². The molecule has 6 nitrogen and oxygen atoms in total. The van der Waals surface area contributed by atoms with Crippen molar-refractivity contribution < 1.29 is 22.3 Å². The molecule has 1 fully saturated rings. The van der Waals surface area contributed by atoms with Gasteiger partial charge in [-0.25, -0.2) is 12.8 Å². The maximum Gasteiger partial charge on any atom is 0.241 e. The Bertz CT molecular complexity index is 597. The number of amides is 1. The van der Waals surface area contributed by atoms with Crippen molar-refractivity contribution in [1.29, 1.82) is 0 Å². The zero-order valence-electron chi connectivity index (χ0n) is 11.6. The van der Waals surface area contributed by atoms with E-state index in [-0.39, 0.29) is 10.8 Å². The zero-order valence-corrected chi connectivity index (χ0v) is 12.4. The molecule has 0 unspecified atom stereocenters. The third-order valence-corrected chi connectivity index (χ3v) is 4.71. The van der Waals surface area contributed by atoms with E-state index in [1.807, 2.05) is 0 Å². The number of nitrogens with zero attached hydrogens (tertiary/aromatic N) is 1. The van der Waals surface area contributed by atoms with Crippen molar-refractivity contribution in [3.05, 3.63) is 30.1 Å². The van der Waals surface area contributed by atoms with Crippen molar-refractivity contribution in [1.82, 2.24) is 9.62 Å². The number of carbonyl (C=O) groups is 1. The number of ether oxygens (including phenoxy) is 1. The van der Waals surface area contributed by atoms with Gasteiger partial charge in [0, 0.05) is 13.1 Å². The predicted octanol–water partition coefficient (Wildman–Crippen LogP) is 0.351. The van der Waals surface area contributed by atoms with Gasteiger partial charge in [-0.2, -0.15) is 4.72 Å². The average molecular weight is 316 g/mol. The van der Waals surface area contributed by atoms with Crippen molar-refractivity contribution in [2.24, 2.45) is 0 Å². The Labute approximate surface area is 122 Å². The summed E-state index contributed by atoms with van der Waals surface area (Å²) in [6.07, 6.45) is 0. The highest BCUT2D eigenvalue weighted by molar-refractivity contribution is 7.89. The summed E-state index contributed by atoms with van der Waals surface area (Å²) in [5.41, 5.74) is 0. The van der Waals surface area contributed by atoms with Crippen molar-refractivity contribution in [3.63, 3.8) is 0 Å². The van der Waals surface area contributed by atoms with Gasteiger partial charge >= 0.3 is 0 Å². The number of morpholine rings is 1. The van der Waals surface area contributed by atoms with Gasteiger partial charge in [-0.1, -0.05) is 0 Å². The quantitative estimate of drug-likeness (QED) is 0.870. The molecule has 116 valence electrons. The number of halogens is 1. The molecule has 0 radical (unpaired) electrons. The molecule has 1 heterocycles. The van der Waals surface area contributed by atoms with Crippen LogP contribution in [0.4, 0.5) is 4.39 Å². The zero-order chi connectivity index (χ0) is 15.5. The molecule has 0 aliphatic carbocycles. The maximum absolute atomic E-state index is 12.8. The molecule has 1 N–H and O–H groups in total. The van der Waals surface area contributed by atoms with Gasteiger partial charge in [-0.3, -0.25) is 4.79 Å². The van der Waals surface area contributed by atoms with Crippen LogP contribution in [0.5, 0.6) is 0 Å². The first-order chi connectivity index (χ1) is 9.90. The van der Waals surface area contributed by atoms with Crippen LogP contribution in [-0.4, -0.2) is 51.6 Å². The SMILES string of the molecule is C[C@H](NS(=O)(=O)c1ccc(F)cc1)C(=O)N1CCOCC1. The van der Waals surface area contributed by atoms with Crippen molar-refractivity contribution >= 4 is 15.9 Å². The van der Waals surface area contributed by atoms with Crippen LogP contribution in [0.15, 0.2) is 29.2 Å². The summed E-state index contributed by atoms with van der Waals surface area (Å²) >= 11 is 0. The summed E-state index contributed by atoms with van der Waals surface area (Å²) < 4.78 is 44.5. The minimum atomic E-state index is -3.86. The van der Waals surface area contributed by atoms with E-state index in [1.165, 1.54) is 6.92 Å². The molecule has 1 amide bonds. The predicted molar refractivity (Wildman–Crippen MR) is 73.6 cm³/mol. The third-order valence-electron chi connectivity index (χ3n) is 3.15. The van der Waals surface area contributed by atoms with Gasteiger partial charge in [0.05, 0.1) is 24.2 Å². The minimum Gasteiger partial charge on any atom is -0.378 e. The molecule has 1 aromatic rings. The highest BCUT2D eigenvalue weighted by Crippen LogP contribution is 2.11. The third kappa shape index (κ3) is 3.99. The molecule has 0 spiro atoms. The van der Waals surface area contributed by atoms with Crippen molar-refractivity contribution in [3.8, 4) is 0 Å². The number of nitrogens with one attached hydrogen (secondary N) is 1. The smallest absolute Gasteiger partial charge is 0.241 e. The normalized spacial score (nSPS) is 17.5. The van der Waals surface area contributed by atoms with Crippen LogP contribution in [-0.2, 0) is 19.6 Å². The van der Waals surface area contributed by atoms with E-state index < -0.39 is 21.9 Å². The monoisotopic (exact) mass is 316 g/mol. The number of rotatable bonds is 4. The van der Waals surface area contributed by atoms with E-state index >= 15 is 0 Å². The summed E-state index contributed by atoms with van der Waals surface area (Å²) in [5.74, 6) is -0.824. The van der Waals surface area contributed by atoms with Gasteiger partial charge in [-0.15, -0.1) is 0 Å². The van der Waals surface area contributed by atoms with Crippen LogP contribution in [0.3, 0.4) is 0 Å². The Hall–Kier alpha value is -1.51. The fraction of sp³-hybridized carbons (Fsp3) is 0.462. The number of carbonyl (C=O) groups excluding carboxylic acids is 1. The Morgan fingerprint density at radius 3 is 2.43 bits per heavy atom. The second-order valence-corrected chi connectivity index (χ2v) is 6.45. The Morgan fingerprint density at radius 1 is 1.29 bits per heavy atom. The molecular weight excluding hydrogens is 299 g/mol. The van der Waals surface area contributed by atoms with E-state index in [9.17, 15) is 17.6 Å².